The van der Waals surface area contributed by atoms with Crippen LogP contribution in [0.4, 0.5) is 13.2 Å². The van der Waals surface area contributed by atoms with Crippen molar-refractivity contribution in [1.82, 2.24) is 10.2 Å². The number of carboxylic acid groups (broad SMARTS) is 2. The Bertz CT molecular complexity index is 689. The summed E-state index contributed by atoms with van der Waals surface area (Å²) in [6.45, 7) is 0.656. The number of amides is 1. The van der Waals surface area contributed by atoms with Gasteiger partial charge in [0.15, 0.2) is 0 Å². The fourth-order valence-electron chi connectivity index (χ4n) is 3.35. The van der Waals surface area contributed by atoms with Crippen LogP contribution in [0.25, 0.3) is 0 Å². The first-order chi connectivity index (χ1) is 12.0. The fourth-order valence-corrected chi connectivity index (χ4v) is 3.35. The van der Waals surface area contributed by atoms with Crippen LogP contribution in [0.3, 0.4) is 0 Å². The lowest BCUT2D eigenvalue weighted by Gasteiger charge is -2.48. The topological polar surface area (TPSA) is 133 Å². The molecule has 0 spiro atoms. The molecule has 2 fully saturated rings. The van der Waals surface area contributed by atoms with E-state index >= 15 is 0 Å². The molecule has 144 valence electrons. The van der Waals surface area contributed by atoms with Gasteiger partial charge in [0, 0.05) is 5.92 Å². The number of carbonyl (C=O) groups excluding carboxylic acids is 2. The molecule has 12 heteroatoms. The van der Waals surface area contributed by atoms with Crippen LogP contribution in [0.5, 0.6) is 0 Å². The highest BCUT2D eigenvalue weighted by Gasteiger charge is 2.61. The normalized spacial score (nSPS) is 26.4. The van der Waals surface area contributed by atoms with Crippen molar-refractivity contribution < 1.29 is 47.3 Å². The first-order valence-electron chi connectivity index (χ1n) is 7.40. The number of methoxy groups -OCH3 is 1. The molecule has 0 aromatic carbocycles. The number of nitrogens with zero attached hydrogens (tertiary/aromatic N) is 1. The molecule has 3 rings (SSSR count). The second-order valence-electron chi connectivity index (χ2n) is 5.76. The number of nitrogens with one attached hydrogen (secondary N) is 1. The third-order valence-corrected chi connectivity index (χ3v) is 4.38. The molecule has 1 amide bonds. The van der Waals surface area contributed by atoms with Gasteiger partial charge in [0.1, 0.15) is 11.7 Å². The number of piperidine rings is 1. The van der Waals surface area contributed by atoms with Gasteiger partial charge in [-0.1, -0.05) is 0 Å². The Hall–Kier alpha value is -2.63. The minimum absolute atomic E-state index is 0.0228. The Labute approximate surface area is 144 Å². The van der Waals surface area contributed by atoms with E-state index in [0.717, 1.165) is 6.42 Å². The van der Waals surface area contributed by atoms with E-state index < -0.39 is 24.1 Å². The van der Waals surface area contributed by atoms with E-state index in [9.17, 15) is 32.7 Å². The molecule has 0 bridgehead atoms. The van der Waals surface area contributed by atoms with Crippen LogP contribution in [-0.2, 0) is 23.9 Å². The van der Waals surface area contributed by atoms with Gasteiger partial charge in [-0.15, -0.1) is 0 Å². The molecular weight excluding hydrogens is 365 g/mol. The number of β-lactam (4-membered cyclic amide) rings is 1. The Morgan fingerprint density at radius 2 is 1.88 bits per heavy atom. The molecule has 0 radical (unpaired) electrons. The number of ether oxygens (including phenoxy) is 1. The number of rotatable bonds is 3. The van der Waals surface area contributed by atoms with Crippen LogP contribution in [-0.4, -0.2) is 70.8 Å². The van der Waals surface area contributed by atoms with Crippen molar-refractivity contribution in [3.05, 3.63) is 11.3 Å². The van der Waals surface area contributed by atoms with Gasteiger partial charge in [-0.3, -0.25) is 14.5 Å². The maximum atomic E-state index is 11.9. The molecule has 1 unspecified atom stereocenters. The lowest BCUT2D eigenvalue weighted by molar-refractivity contribution is -0.192. The summed E-state index contributed by atoms with van der Waals surface area (Å²) in [6.07, 6.45) is -4.41. The highest BCUT2D eigenvalue weighted by atomic mass is 19.4. The van der Waals surface area contributed by atoms with Gasteiger partial charge in [0.05, 0.1) is 19.6 Å². The lowest BCUT2D eigenvalue weighted by atomic mass is 9.79. The Kier molecular flexibility index (Phi) is 5.26. The number of halogens is 3. The first-order valence-corrected chi connectivity index (χ1v) is 7.40. The highest BCUT2D eigenvalue weighted by Crippen LogP contribution is 2.47. The molecule has 0 aromatic heterocycles. The van der Waals surface area contributed by atoms with Crippen molar-refractivity contribution >= 4 is 23.8 Å². The average molecular weight is 380 g/mol. The van der Waals surface area contributed by atoms with Gasteiger partial charge in [0.25, 0.3) is 0 Å². The standard InChI is InChI=1S/C12H14N2O5.C2HF3O2/c1-19-7(15)4-6-5-2-3-13-8-9(5)14(11(8)16)10(6)12(17)18;3-2(4,5)1(6)7/h5,8-9,13H,2-4H2,1H3,(H,17,18);(H,6,7)/t5?,8-,9+;/m0./s1. The zero-order valence-electron chi connectivity index (χ0n) is 13.4. The van der Waals surface area contributed by atoms with Gasteiger partial charge >= 0.3 is 24.1 Å². The van der Waals surface area contributed by atoms with E-state index in [2.05, 4.69) is 10.1 Å². The molecule has 3 N–H and O–H groups in total. The molecule has 9 nitrogen and oxygen atoms in total. The van der Waals surface area contributed by atoms with Gasteiger partial charge in [0.2, 0.25) is 5.91 Å². The van der Waals surface area contributed by atoms with E-state index in [4.69, 9.17) is 9.90 Å². The number of hydrogen-bond donors (Lipinski definition) is 3. The largest absolute Gasteiger partial charge is 0.490 e. The first kappa shape index (κ1) is 19.7. The Morgan fingerprint density at radius 3 is 2.35 bits per heavy atom. The summed E-state index contributed by atoms with van der Waals surface area (Å²) in [7, 11) is 1.27. The monoisotopic (exact) mass is 380 g/mol. The highest BCUT2D eigenvalue weighted by molar-refractivity contribution is 6.02. The van der Waals surface area contributed by atoms with E-state index in [1.165, 1.54) is 12.0 Å². The molecule has 0 aromatic rings. The quantitative estimate of drug-likeness (QED) is 0.450. The third-order valence-electron chi connectivity index (χ3n) is 4.38. The summed E-state index contributed by atoms with van der Waals surface area (Å²) in [4.78, 5) is 45.0. The summed E-state index contributed by atoms with van der Waals surface area (Å²) in [6, 6.07) is -0.449. The Balaban J connectivity index is 0.000000298. The van der Waals surface area contributed by atoms with Gasteiger partial charge in [-0.25, -0.2) is 9.59 Å². The smallest absolute Gasteiger partial charge is 0.477 e. The molecule has 0 saturated carbocycles. The third kappa shape index (κ3) is 3.36. The number of hydrogen-bond acceptors (Lipinski definition) is 6. The zero-order chi connectivity index (χ0) is 19.8. The van der Waals surface area contributed by atoms with Crippen LogP contribution in [0.15, 0.2) is 11.3 Å². The predicted molar refractivity (Wildman–Crippen MR) is 75.5 cm³/mol. The average Bonchev–Trinajstić information content (AvgIpc) is 2.87. The maximum absolute atomic E-state index is 11.9. The summed E-state index contributed by atoms with van der Waals surface area (Å²) in [5.41, 5.74) is 0.507. The summed E-state index contributed by atoms with van der Waals surface area (Å²) >= 11 is 0. The Morgan fingerprint density at radius 1 is 1.31 bits per heavy atom. The van der Waals surface area contributed by atoms with Gasteiger partial charge in [-0.05, 0) is 18.5 Å². The molecule has 2 saturated heterocycles. The van der Waals surface area contributed by atoms with Gasteiger partial charge in [-0.2, -0.15) is 13.2 Å². The van der Waals surface area contributed by atoms with E-state index in [0.29, 0.717) is 12.1 Å². The van der Waals surface area contributed by atoms with E-state index in [1.54, 1.807) is 0 Å². The van der Waals surface area contributed by atoms with E-state index in [-0.39, 0.29) is 36.0 Å². The van der Waals surface area contributed by atoms with Crippen LogP contribution in [0.1, 0.15) is 12.8 Å². The predicted octanol–water partition coefficient (Wildman–Crippen LogP) is -0.276. The van der Waals surface area contributed by atoms with Crippen molar-refractivity contribution in [1.29, 1.82) is 0 Å². The second kappa shape index (κ2) is 6.94. The molecule has 3 aliphatic heterocycles. The fraction of sp³-hybridized carbons (Fsp3) is 0.571. The van der Waals surface area contributed by atoms with Crippen molar-refractivity contribution in [2.75, 3.05) is 13.7 Å². The number of carbonyl (C=O) groups is 4. The second-order valence-corrected chi connectivity index (χ2v) is 5.76. The van der Waals surface area contributed by atoms with Crippen LogP contribution < -0.4 is 5.32 Å². The van der Waals surface area contributed by atoms with Crippen molar-refractivity contribution in [3.8, 4) is 0 Å². The lowest BCUT2D eigenvalue weighted by Crippen LogP contribution is -2.71. The van der Waals surface area contributed by atoms with Crippen LogP contribution >= 0.6 is 0 Å². The number of alkyl halides is 3. The van der Waals surface area contributed by atoms with Gasteiger partial charge < -0.3 is 20.3 Å². The molecule has 0 aliphatic carbocycles. The molecular formula is C14H15F3N2O7. The van der Waals surface area contributed by atoms with Crippen molar-refractivity contribution in [2.45, 2.75) is 31.1 Å². The summed E-state index contributed by atoms with van der Waals surface area (Å²) < 4.78 is 36.3. The SMILES string of the molecule is COC(=O)CC1=C(C(=O)O)N2C(=O)[C@H]3NCCC1[C@H]32.O=C(O)C(F)(F)F. The minimum atomic E-state index is -5.08. The number of esters is 1. The minimum Gasteiger partial charge on any atom is -0.477 e. The molecule has 3 heterocycles. The van der Waals surface area contributed by atoms with Crippen LogP contribution in [0.2, 0.25) is 0 Å². The summed E-state index contributed by atoms with van der Waals surface area (Å²) in [5, 5.41) is 19.5. The van der Waals surface area contributed by atoms with E-state index in [1.807, 2.05) is 0 Å². The maximum Gasteiger partial charge on any atom is 0.490 e. The molecule has 3 atom stereocenters. The summed E-state index contributed by atoms with van der Waals surface area (Å²) in [5.74, 6) is -4.65. The number of aliphatic carboxylic acids is 2. The number of carboxylic acids is 2. The van der Waals surface area contributed by atoms with Crippen molar-refractivity contribution in [3.63, 3.8) is 0 Å². The molecule has 3 aliphatic rings. The van der Waals surface area contributed by atoms with Crippen LogP contribution in [0, 0.1) is 5.92 Å². The zero-order valence-corrected chi connectivity index (χ0v) is 13.4. The van der Waals surface area contributed by atoms with Crippen molar-refractivity contribution in [2.24, 2.45) is 5.92 Å². The molecule has 26 heavy (non-hydrogen) atoms.